The molecule has 0 spiro atoms. The Morgan fingerprint density at radius 2 is 0.927 bits per heavy atom. The third-order valence-electron chi connectivity index (χ3n) is 9.06. The van der Waals surface area contributed by atoms with Crippen molar-refractivity contribution in [1.82, 2.24) is 0 Å². The van der Waals surface area contributed by atoms with Gasteiger partial charge in [0.15, 0.2) is 6.10 Å². The van der Waals surface area contributed by atoms with Crippen LogP contribution in [0.2, 0.25) is 0 Å². The summed E-state index contributed by atoms with van der Waals surface area (Å²) >= 11 is 0. The van der Waals surface area contributed by atoms with Gasteiger partial charge in [-0.15, -0.1) is 0 Å². The second-order valence-corrected chi connectivity index (χ2v) is 15.8. The van der Waals surface area contributed by atoms with E-state index in [-0.39, 0.29) is 32.0 Å². The van der Waals surface area contributed by atoms with Crippen LogP contribution in [0.4, 0.5) is 0 Å². The molecule has 0 rings (SSSR count). The van der Waals surface area contributed by atoms with Crippen molar-refractivity contribution in [2.45, 2.75) is 200 Å². The number of phosphoric ester groups is 1. The summed E-state index contributed by atoms with van der Waals surface area (Å²) in [6.07, 6.45) is 49.8. The van der Waals surface area contributed by atoms with E-state index in [0.29, 0.717) is 6.42 Å². The summed E-state index contributed by atoms with van der Waals surface area (Å²) in [6, 6.07) is 0. The van der Waals surface area contributed by atoms with Crippen LogP contribution in [0.3, 0.4) is 0 Å². The molecule has 55 heavy (non-hydrogen) atoms. The van der Waals surface area contributed by atoms with Crippen LogP contribution >= 0.6 is 7.82 Å². The minimum absolute atomic E-state index is 0.00482. The number of allylic oxidation sites excluding steroid dienone is 10. The largest absolute Gasteiger partial charge is 0.472 e. The zero-order chi connectivity index (χ0) is 40.3. The van der Waals surface area contributed by atoms with Gasteiger partial charge in [0, 0.05) is 12.8 Å². The predicted molar refractivity (Wildman–Crippen MR) is 230 cm³/mol. The van der Waals surface area contributed by atoms with Crippen molar-refractivity contribution in [1.29, 1.82) is 0 Å². The van der Waals surface area contributed by atoms with Gasteiger partial charge in [-0.3, -0.25) is 18.6 Å². The van der Waals surface area contributed by atoms with Crippen LogP contribution < -0.4 is 0 Å². The molecule has 1 N–H and O–H groups in total. The molecule has 0 aromatic heterocycles. The molecular weight excluding hydrogens is 711 g/mol. The number of ether oxygens (including phenoxy) is 2. The predicted octanol–water partition coefficient (Wildman–Crippen LogP) is 13.9. The van der Waals surface area contributed by atoms with E-state index in [9.17, 15) is 19.0 Å². The van der Waals surface area contributed by atoms with Crippen LogP contribution in [0, 0.1) is 0 Å². The monoisotopic (exact) mass is 793 g/mol. The van der Waals surface area contributed by atoms with Crippen molar-refractivity contribution in [2.24, 2.45) is 0 Å². The van der Waals surface area contributed by atoms with Gasteiger partial charge in [-0.05, 0) is 84.0 Å². The standard InChI is InChI=1S/C46H81O8P/c1-4-7-9-11-13-15-17-19-21-22-23-24-25-26-27-29-31-33-35-37-39-41-46(48)54-44(43-53-55(49,50)52-6-3)42-51-45(47)40-38-36-34-32-30-28-20-18-16-14-12-10-8-5-2/h7,9,13,15,18-21,23-24,44H,4-6,8,10-12,14,16-17,22,25-43H2,1-3H3,(H,49,50)/b9-7-,15-13-,20-18-,21-19-,24-23-. The van der Waals surface area contributed by atoms with Crippen molar-refractivity contribution >= 4 is 19.8 Å². The molecule has 0 aromatic carbocycles. The summed E-state index contributed by atoms with van der Waals surface area (Å²) in [5, 5.41) is 0. The average molecular weight is 793 g/mol. The van der Waals surface area contributed by atoms with Crippen LogP contribution in [0.25, 0.3) is 0 Å². The molecule has 0 amide bonds. The van der Waals surface area contributed by atoms with Crippen LogP contribution in [0.15, 0.2) is 60.8 Å². The maximum atomic E-state index is 12.6. The van der Waals surface area contributed by atoms with Gasteiger partial charge >= 0.3 is 19.8 Å². The Labute approximate surface area is 337 Å². The average Bonchev–Trinajstić information content (AvgIpc) is 3.16. The van der Waals surface area contributed by atoms with E-state index in [1.807, 2.05) is 0 Å². The second kappa shape index (κ2) is 41.4. The third kappa shape index (κ3) is 41.2. The summed E-state index contributed by atoms with van der Waals surface area (Å²) in [5.74, 6) is -0.818. The molecule has 9 heteroatoms. The Morgan fingerprint density at radius 1 is 0.509 bits per heavy atom. The maximum Gasteiger partial charge on any atom is 0.472 e. The van der Waals surface area contributed by atoms with E-state index in [1.54, 1.807) is 6.92 Å². The summed E-state index contributed by atoms with van der Waals surface area (Å²) in [6.45, 7) is 5.33. The van der Waals surface area contributed by atoms with E-state index < -0.39 is 26.5 Å². The van der Waals surface area contributed by atoms with Crippen molar-refractivity contribution < 1.29 is 37.6 Å². The third-order valence-corrected chi connectivity index (χ3v) is 10.1. The number of hydrogen-bond acceptors (Lipinski definition) is 7. The SMILES string of the molecule is CC/C=C\C/C=C\C/C=C\C/C=C\CCCCCCCCCCC(=O)OC(COC(=O)CCCCCCC/C=C\CCCCCCC)COP(=O)(O)OCC. The van der Waals surface area contributed by atoms with Gasteiger partial charge in [0.25, 0.3) is 0 Å². The maximum absolute atomic E-state index is 12.6. The van der Waals surface area contributed by atoms with E-state index in [2.05, 4.69) is 74.6 Å². The van der Waals surface area contributed by atoms with Crippen LogP contribution in [-0.4, -0.2) is 42.8 Å². The lowest BCUT2D eigenvalue weighted by Gasteiger charge is -2.19. The van der Waals surface area contributed by atoms with Gasteiger partial charge in [-0.2, -0.15) is 0 Å². The normalized spacial score (nSPS) is 13.9. The smallest absolute Gasteiger partial charge is 0.462 e. The first-order valence-electron chi connectivity index (χ1n) is 22.1. The Hall–Kier alpha value is -2.25. The fourth-order valence-corrected chi connectivity index (χ4v) is 6.61. The lowest BCUT2D eigenvalue weighted by molar-refractivity contribution is -0.161. The summed E-state index contributed by atoms with van der Waals surface area (Å²) in [7, 11) is -4.29. The van der Waals surface area contributed by atoms with Gasteiger partial charge in [0.1, 0.15) is 6.61 Å². The molecule has 2 atom stereocenters. The van der Waals surface area contributed by atoms with Gasteiger partial charge < -0.3 is 14.4 Å². The van der Waals surface area contributed by atoms with Crippen molar-refractivity contribution in [2.75, 3.05) is 19.8 Å². The fraction of sp³-hybridized carbons (Fsp3) is 0.739. The molecular formula is C46H81O8P. The van der Waals surface area contributed by atoms with Gasteiger partial charge in [-0.25, -0.2) is 4.57 Å². The number of rotatable bonds is 40. The fourth-order valence-electron chi connectivity index (χ4n) is 5.85. The summed E-state index contributed by atoms with van der Waals surface area (Å²) in [5.41, 5.74) is 0. The molecule has 0 aliphatic heterocycles. The zero-order valence-electron chi connectivity index (χ0n) is 35.3. The number of phosphoric acid groups is 1. The molecule has 8 nitrogen and oxygen atoms in total. The molecule has 0 aliphatic carbocycles. The van der Waals surface area contributed by atoms with E-state index in [1.165, 1.54) is 64.2 Å². The second-order valence-electron chi connectivity index (χ2n) is 14.3. The number of unbranched alkanes of at least 4 members (excludes halogenated alkanes) is 18. The summed E-state index contributed by atoms with van der Waals surface area (Å²) in [4.78, 5) is 34.8. The van der Waals surface area contributed by atoms with Crippen LogP contribution in [0.5, 0.6) is 0 Å². The highest BCUT2D eigenvalue weighted by atomic mass is 31.2. The van der Waals surface area contributed by atoms with Crippen molar-refractivity contribution in [3.05, 3.63) is 60.8 Å². The quantitative estimate of drug-likeness (QED) is 0.0283. The molecule has 0 radical (unpaired) electrons. The molecule has 0 fully saturated rings. The first-order valence-corrected chi connectivity index (χ1v) is 23.6. The molecule has 0 heterocycles. The summed E-state index contributed by atoms with van der Waals surface area (Å²) < 4.78 is 32.6. The molecule has 2 unspecified atom stereocenters. The molecule has 0 saturated carbocycles. The molecule has 0 bridgehead atoms. The molecule has 318 valence electrons. The molecule has 0 saturated heterocycles. The Kier molecular flexibility index (Phi) is 39.7. The van der Waals surface area contributed by atoms with E-state index >= 15 is 0 Å². The minimum atomic E-state index is -4.29. The van der Waals surface area contributed by atoms with Gasteiger partial charge in [0.2, 0.25) is 0 Å². The number of carbonyl (C=O) groups is 2. The van der Waals surface area contributed by atoms with Crippen molar-refractivity contribution in [3.63, 3.8) is 0 Å². The Bertz CT molecular complexity index is 1080. The minimum Gasteiger partial charge on any atom is -0.462 e. The van der Waals surface area contributed by atoms with Gasteiger partial charge in [-0.1, -0.05) is 158 Å². The zero-order valence-corrected chi connectivity index (χ0v) is 36.2. The lowest BCUT2D eigenvalue weighted by atomic mass is 10.1. The highest BCUT2D eigenvalue weighted by Crippen LogP contribution is 2.43. The first-order chi connectivity index (χ1) is 26.8. The lowest BCUT2D eigenvalue weighted by Crippen LogP contribution is -2.29. The first kappa shape index (κ1) is 52.8. The van der Waals surface area contributed by atoms with Crippen molar-refractivity contribution in [3.8, 4) is 0 Å². The Balaban J connectivity index is 4.09. The highest BCUT2D eigenvalue weighted by Gasteiger charge is 2.25. The van der Waals surface area contributed by atoms with Gasteiger partial charge in [0.05, 0.1) is 13.2 Å². The number of esters is 2. The molecule has 0 aromatic rings. The highest BCUT2D eigenvalue weighted by molar-refractivity contribution is 7.47. The number of hydrogen-bond donors (Lipinski definition) is 1. The topological polar surface area (TPSA) is 108 Å². The van der Waals surface area contributed by atoms with E-state index in [0.717, 1.165) is 89.9 Å². The van der Waals surface area contributed by atoms with E-state index in [4.69, 9.17) is 18.5 Å². The van der Waals surface area contributed by atoms with Crippen LogP contribution in [-0.2, 0) is 32.7 Å². The number of carbonyl (C=O) groups excluding carboxylic acids is 2. The Morgan fingerprint density at radius 3 is 1.42 bits per heavy atom. The molecule has 0 aliphatic rings. The van der Waals surface area contributed by atoms with Crippen LogP contribution in [0.1, 0.15) is 194 Å².